The summed E-state index contributed by atoms with van der Waals surface area (Å²) in [5.41, 5.74) is 10.4. The summed E-state index contributed by atoms with van der Waals surface area (Å²) in [6, 6.07) is 11.2. The summed E-state index contributed by atoms with van der Waals surface area (Å²) in [7, 11) is 0. The van der Waals surface area contributed by atoms with Crippen molar-refractivity contribution in [3.8, 4) is 0 Å². The molecule has 0 radical (unpaired) electrons. The second-order valence-electron chi connectivity index (χ2n) is 4.81. The summed E-state index contributed by atoms with van der Waals surface area (Å²) in [5, 5.41) is 3.18. The van der Waals surface area contributed by atoms with Crippen LogP contribution in [-0.4, -0.2) is 6.54 Å². The lowest BCUT2D eigenvalue weighted by atomic mass is 10.0. The molecule has 100 valence electrons. The average molecular weight is 258 g/mol. The number of nitrogens with one attached hydrogen (secondary N) is 1. The number of hydrogen-bond acceptors (Lipinski definition) is 2. The van der Waals surface area contributed by atoms with E-state index in [1.165, 1.54) is 22.8 Å². The molecule has 0 heterocycles. The van der Waals surface area contributed by atoms with Crippen molar-refractivity contribution >= 4 is 11.4 Å². The Morgan fingerprint density at radius 2 is 1.95 bits per heavy atom. The van der Waals surface area contributed by atoms with Gasteiger partial charge in [0.1, 0.15) is 5.82 Å². The van der Waals surface area contributed by atoms with Crippen molar-refractivity contribution in [2.45, 2.75) is 20.3 Å². The number of para-hydroxylation sites is 1. The molecule has 0 aliphatic heterocycles. The Morgan fingerprint density at radius 1 is 1.16 bits per heavy atom. The molecule has 0 saturated carbocycles. The summed E-state index contributed by atoms with van der Waals surface area (Å²) in [5.74, 6) is -0.378. The van der Waals surface area contributed by atoms with Gasteiger partial charge >= 0.3 is 0 Å². The van der Waals surface area contributed by atoms with E-state index in [0.29, 0.717) is 5.69 Å². The van der Waals surface area contributed by atoms with Gasteiger partial charge in [0, 0.05) is 6.54 Å². The van der Waals surface area contributed by atoms with Gasteiger partial charge in [-0.15, -0.1) is 0 Å². The topological polar surface area (TPSA) is 38.0 Å². The van der Waals surface area contributed by atoms with Crippen LogP contribution in [-0.2, 0) is 6.42 Å². The molecular formula is C16H19FN2. The van der Waals surface area contributed by atoms with Crippen LogP contribution in [0.3, 0.4) is 0 Å². The number of benzene rings is 2. The van der Waals surface area contributed by atoms with E-state index >= 15 is 0 Å². The quantitative estimate of drug-likeness (QED) is 0.821. The molecule has 2 aromatic carbocycles. The molecule has 0 amide bonds. The Morgan fingerprint density at radius 3 is 2.74 bits per heavy atom. The normalized spacial score (nSPS) is 10.5. The number of nitrogen functional groups attached to an aromatic ring is 1. The van der Waals surface area contributed by atoms with Gasteiger partial charge < -0.3 is 11.1 Å². The van der Waals surface area contributed by atoms with Crippen molar-refractivity contribution in [2.75, 3.05) is 17.6 Å². The molecule has 19 heavy (non-hydrogen) atoms. The van der Waals surface area contributed by atoms with Crippen LogP contribution in [0.15, 0.2) is 36.4 Å². The zero-order chi connectivity index (χ0) is 13.8. The molecule has 0 bridgehead atoms. The van der Waals surface area contributed by atoms with Crippen molar-refractivity contribution in [1.29, 1.82) is 0 Å². The van der Waals surface area contributed by atoms with Gasteiger partial charge in [-0.1, -0.05) is 29.8 Å². The van der Waals surface area contributed by atoms with E-state index in [9.17, 15) is 4.39 Å². The average Bonchev–Trinajstić information content (AvgIpc) is 2.38. The predicted molar refractivity (Wildman–Crippen MR) is 78.9 cm³/mol. The first-order valence-electron chi connectivity index (χ1n) is 6.42. The van der Waals surface area contributed by atoms with E-state index in [0.717, 1.165) is 13.0 Å². The van der Waals surface area contributed by atoms with Crippen LogP contribution in [0.4, 0.5) is 15.8 Å². The lowest BCUT2D eigenvalue weighted by Crippen LogP contribution is -2.08. The highest BCUT2D eigenvalue weighted by Crippen LogP contribution is 2.21. The number of anilines is 2. The second kappa shape index (κ2) is 5.74. The smallest absolute Gasteiger partial charge is 0.148 e. The van der Waals surface area contributed by atoms with Crippen molar-refractivity contribution in [1.82, 2.24) is 0 Å². The van der Waals surface area contributed by atoms with Gasteiger partial charge in [0.25, 0.3) is 0 Å². The number of halogens is 1. The Labute approximate surface area is 113 Å². The monoisotopic (exact) mass is 258 g/mol. The van der Waals surface area contributed by atoms with Crippen LogP contribution in [0.5, 0.6) is 0 Å². The fraction of sp³-hybridized carbons (Fsp3) is 0.250. The molecule has 0 aliphatic carbocycles. The van der Waals surface area contributed by atoms with Gasteiger partial charge in [0.15, 0.2) is 0 Å². The third-order valence-electron chi connectivity index (χ3n) is 3.27. The van der Waals surface area contributed by atoms with Crippen LogP contribution in [0.25, 0.3) is 0 Å². The van der Waals surface area contributed by atoms with E-state index in [1.807, 2.05) is 0 Å². The fourth-order valence-electron chi connectivity index (χ4n) is 2.09. The van der Waals surface area contributed by atoms with Crippen LogP contribution in [0.1, 0.15) is 16.7 Å². The van der Waals surface area contributed by atoms with Gasteiger partial charge in [-0.25, -0.2) is 4.39 Å². The summed E-state index contributed by atoms with van der Waals surface area (Å²) in [6.45, 7) is 4.92. The summed E-state index contributed by atoms with van der Waals surface area (Å²) in [6.07, 6.45) is 0.892. The molecule has 2 aromatic rings. The van der Waals surface area contributed by atoms with Crippen molar-refractivity contribution < 1.29 is 4.39 Å². The molecule has 0 aliphatic rings. The molecule has 3 heteroatoms. The second-order valence-corrected chi connectivity index (χ2v) is 4.81. The molecule has 0 saturated heterocycles. The molecule has 2 rings (SSSR count). The lowest BCUT2D eigenvalue weighted by molar-refractivity contribution is 0.633. The summed E-state index contributed by atoms with van der Waals surface area (Å²) >= 11 is 0. The minimum Gasteiger partial charge on any atom is -0.395 e. The van der Waals surface area contributed by atoms with E-state index < -0.39 is 0 Å². The largest absolute Gasteiger partial charge is 0.395 e. The number of hydrogen-bond donors (Lipinski definition) is 2. The Bertz CT molecular complexity index is 577. The molecule has 0 aromatic heterocycles. The first-order chi connectivity index (χ1) is 9.08. The molecule has 2 nitrogen and oxygen atoms in total. The Balaban J connectivity index is 2.00. The zero-order valence-corrected chi connectivity index (χ0v) is 11.3. The Kier molecular flexibility index (Phi) is 4.05. The SMILES string of the molecule is Cc1ccc(C)c(CCNc2cccc(F)c2N)c1. The highest BCUT2D eigenvalue weighted by atomic mass is 19.1. The molecule has 0 spiro atoms. The molecular weight excluding hydrogens is 239 g/mol. The van der Waals surface area contributed by atoms with Gasteiger partial charge in [-0.3, -0.25) is 0 Å². The molecule has 3 N–H and O–H groups in total. The maximum atomic E-state index is 13.3. The van der Waals surface area contributed by atoms with Crippen molar-refractivity contribution in [3.63, 3.8) is 0 Å². The first kappa shape index (κ1) is 13.4. The van der Waals surface area contributed by atoms with Gasteiger partial charge in [-0.2, -0.15) is 0 Å². The van der Waals surface area contributed by atoms with Gasteiger partial charge in [-0.05, 0) is 43.5 Å². The molecule has 0 atom stereocenters. The predicted octanol–water partition coefficient (Wildman–Crippen LogP) is 3.68. The summed E-state index contributed by atoms with van der Waals surface area (Å²) in [4.78, 5) is 0. The first-order valence-corrected chi connectivity index (χ1v) is 6.42. The summed E-state index contributed by atoms with van der Waals surface area (Å²) < 4.78 is 13.3. The standard InChI is InChI=1S/C16H19FN2/c1-11-6-7-12(2)13(10-11)8-9-19-15-5-3-4-14(17)16(15)18/h3-7,10,19H,8-9,18H2,1-2H3. The third-order valence-corrected chi connectivity index (χ3v) is 3.27. The van der Waals surface area contributed by atoms with Crippen molar-refractivity contribution in [3.05, 3.63) is 58.9 Å². The molecule has 0 unspecified atom stereocenters. The maximum absolute atomic E-state index is 13.3. The Hall–Kier alpha value is -2.03. The lowest BCUT2D eigenvalue weighted by Gasteiger charge is -2.11. The molecule has 0 fully saturated rings. The van der Waals surface area contributed by atoms with Gasteiger partial charge in [0.05, 0.1) is 11.4 Å². The third kappa shape index (κ3) is 3.25. The van der Waals surface area contributed by atoms with E-state index in [-0.39, 0.29) is 11.5 Å². The van der Waals surface area contributed by atoms with E-state index in [4.69, 9.17) is 5.73 Å². The van der Waals surface area contributed by atoms with Crippen LogP contribution >= 0.6 is 0 Å². The highest BCUT2D eigenvalue weighted by Gasteiger charge is 2.04. The van der Waals surface area contributed by atoms with Crippen molar-refractivity contribution in [2.24, 2.45) is 0 Å². The van der Waals surface area contributed by atoms with Crippen LogP contribution in [0, 0.1) is 19.7 Å². The van der Waals surface area contributed by atoms with E-state index in [2.05, 4.69) is 37.4 Å². The highest BCUT2D eigenvalue weighted by molar-refractivity contribution is 5.66. The van der Waals surface area contributed by atoms with Crippen LogP contribution in [0.2, 0.25) is 0 Å². The number of nitrogens with two attached hydrogens (primary N) is 1. The van der Waals surface area contributed by atoms with Crippen LogP contribution < -0.4 is 11.1 Å². The fourth-order valence-corrected chi connectivity index (χ4v) is 2.09. The van der Waals surface area contributed by atoms with E-state index in [1.54, 1.807) is 12.1 Å². The number of rotatable bonds is 4. The number of aryl methyl sites for hydroxylation is 2. The maximum Gasteiger partial charge on any atom is 0.148 e. The minimum atomic E-state index is -0.378. The minimum absolute atomic E-state index is 0.184. The zero-order valence-electron chi connectivity index (χ0n) is 11.3. The van der Waals surface area contributed by atoms with Gasteiger partial charge in [0.2, 0.25) is 0 Å².